The maximum absolute atomic E-state index is 13.3. The molecule has 0 aliphatic heterocycles. The van der Waals surface area contributed by atoms with Crippen molar-refractivity contribution in [2.45, 2.75) is 6.10 Å². The number of hydrogen-bond donors (Lipinski definition) is 1. The van der Waals surface area contributed by atoms with Crippen molar-refractivity contribution in [1.29, 1.82) is 0 Å². The van der Waals surface area contributed by atoms with Crippen LogP contribution in [0.1, 0.15) is 17.2 Å². The molecule has 0 bridgehead atoms. The first-order chi connectivity index (χ1) is 7.20. The average molecular weight is 226 g/mol. The van der Waals surface area contributed by atoms with Crippen LogP contribution >= 0.6 is 11.3 Å². The van der Waals surface area contributed by atoms with E-state index in [1.807, 2.05) is 0 Å². The number of halogens is 2. The van der Waals surface area contributed by atoms with E-state index in [4.69, 9.17) is 0 Å². The van der Waals surface area contributed by atoms with Crippen molar-refractivity contribution < 1.29 is 13.9 Å². The first kappa shape index (κ1) is 10.3. The summed E-state index contributed by atoms with van der Waals surface area (Å²) in [5, 5.41) is 13.3. The van der Waals surface area contributed by atoms with E-state index in [2.05, 4.69) is 0 Å². The minimum atomic E-state index is -1.10. The second kappa shape index (κ2) is 4.08. The molecule has 15 heavy (non-hydrogen) atoms. The quantitative estimate of drug-likeness (QED) is 0.834. The van der Waals surface area contributed by atoms with Crippen molar-refractivity contribution in [3.05, 3.63) is 57.8 Å². The number of rotatable bonds is 2. The Balaban J connectivity index is 2.42. The van der Waals surface area contributed by atoms with Crippen molar-refractivity contribution in [2.75, 3.05) is 0 Å². The van der Waals surface area contributed by atoms with Crippen LogP contribution in [0.5, 0.6) is 0 Å². The van der Waals surface area contributed by atoms with Crippen LogP contribution in [-0.4, -0.2) is 5.11 Å². The summed E-state index contributed by atoms with van der Waals surface area (Å²) in [5.41, 5.74) is 0.540. The van der Waals surface area contributed by atoms with E-state index in [-0.39, 0.29) is 5.56 Å². The first-order valence-corrected chi connectivity index (χ1v) is 5.28. The maximum Gasteiger partial charge on any atom is 0.164 e. The molecular weight excluding hydrogens is 218 g/mol. The van der Waals surface area contributed by atoms with Gasteiger partial charge in [0.15, 0.2) is 11.6 Å². The molecule has 1 nitrogen and oxygen atoms in total. The van der Waals surface area contributed by atoms with Gasteiger partial charge in [-0.25, -0.2) is 8.78 Å². The lowest BCUT2D eigenvalue weighted by Crippen LogP contribution is -2.02. The monoisotopic (exact) mass is 226 g/mol. The van der Waals surface area contributed by atoms with Gasteiger partial charge in [-0.1, -0.05) is 12.1 Å². The maximum atomic E-state index is 13.3. The number of aliphatic hydroxyl groups excluding tert-OH is 1. The summed E-state index contributed by atoms with van der Waals surface area (Å²) in [6.07, 6.45) is -1.10. The minimum absolute atomic E-state index is 0.0339. The average Bonchev–Trinajstić information content (AvgIpc) is 2.74. The lowest BCUT2D eigenvalue weighted by Gasteiger charge is -2.10. The fraction of sp³-hybridized carbons (Fsp3) is 0.0909. The van der Waals surface area contributed by atoms with Crippen molar-refractivity contribution in [3.8, 4) is 0 Å². The minimum Gasteiger partial charge on any atom is -0.384 e. The van der Waals surface area contributed by atoms with Crippen molar-refractivity contribution in [3.63, 3.8) is 0 Å². The number of hydrogen-bond acceptors (Lipinski definition) is 2. The number of benzene rings is 1. The Morgan fingerprint density at radius 1 is 1.20 bits per heavy atom. The fourth-order valence-corrected chi connectivity index (χ4v) is 2.02. The van der Waals surface area contributed by atoms with Gasteiger partial charge in [0.05, 0.1) is 0 Å². The SMILES string of the molecule is OC(c1ccsc1)c1cccc(F)c1F. The molecule has 0 spiro atoms. The summed E-state index contributed by atoms with van der Waals surface area (Å²) in [6.45, 7) is 0. The summed E-state index contributed by atoms with van der Waals surface area (Å²) in [7, 11) is 0. The van der Waals surface area contributed by atoms with Gasteiger partial charge in [0, 0.05) is 5.56 Å². The lowest BCUT2D eigenvalue weighted by molar-refractivity contribution is 0.214. The van der Waals surface area contributed by atoms with Gasteiger partial charge in [-0.15, -0.1) is 0 Å². The summed E-state index contributed by atoms with van der Waals surface area (Å²) in [4.78, 5) is 0. The second-order valence-corrected chi connectivity index (χ2v) is 3.88. The van der Waals surface area contributed by atoms with Gasteiger partial charge < -0.3 is 5.11 Å². The van der Waals surface area contributed by atoms with E-state index in [9.17, 15) is 13.9 Å². The van der Waals surface area contributed by atoms with Crippen LogP contribution in [0.25, 0.3) is 0 Å². The highest BCUT2D eigenvalue weighted by Gasteiger charge is 2.17. The number of aliphatic hydroxyl groups is 1. The predicted molar refractivity (Wildman–Crippen MR) is 54.7 cm³/mol. The molecule has 1 aromatic heterocycles. The zero-order valence-electron chi connectivity index (χ0n) is 7.65. The highest BCUT2D eigenvalue weighted by atomic mass is 32.1. The standard InChI is InChI=1S/C11H8F2OS/c12-9-3-1-2-8(10(9)13)11(14)7-4-5-15-6-7/h1-6,11,14H. The van der Waals surface area contributed by atoms with Crippen LogP contribution < -0.4 is 0 Å². The Labute approximate surface area is 89.6 Å². The molecule has 4 heteroatoms. The zero-order chi connectivity index (χ0) is 10.8. The normalized spacial score (nSPS) is 12.7. The van der Waals surface area contributed by atoms with Crippen molar-refractivity contribution in [2.24, 2.45) is 0 Å². The van der Waals surface area contributed by atoms with Crippen LogP contribution in [0, 0.1) is 11.6 Å². The largest absolute Gasteiger partial charge is 0.384 e. The van der Waals surface area contributed by atoms with Gasteiger partial charge in [-0.05, 0) is 28.5 Å². The van der Waals surface area contributed by atoms with E-state index in [1.54, 1.807) is 16.8 Å². The van der Waals surface area contributed by atoms with Gasteiger partial charge in [-0.2, -0.15) is 11.3 Å². The Morgan fingerprint density at radius 2 is 2.00 bits per heavy atom. The third-order valence-electron chi connectivity index (χ3n) is 2.13. The molecule has 0 fully saturated rings. The van der Waals surface area contributed by atoms with Gasteiger partial charge >= 0.3 is 0 Å². The molecule has 2 aromatic rings. The van der Waals surface area contributed by atoms with Crippen molar-refractivity contribution >= 4 is 11.3 Å². The molecule has 1 N–H and O–H groups in total. The van der Waals surface area contributed by atoms with E-state index in [1.165, 1.54) is 23.5 Å². The molecule has 78 valence electrons. The topological polar surface area (TPSA) is 20.2 Å². The van der Waals surface area contributed by atoms with E-state index >= 15 is 0 Å². The van der Waals surface area contributed by atoms with Gasteiger partial charge in [0.25, 0.3) is 0 Å². The third-order valence-corrected chi connectivity index (χ3v) is 2.84. The molecular formula is C11H8F2OS. The van der Waals surface area contributed by atoms with Crippen LogP contribution in [0.2, 0.25) is 0 Å². The van der Waals surface area contributed by atoms with E-state index < -0.39 is 17.7 Å². The summed E-state index contributed by atoms with van der Waals surface area (Å²) < 4.78 is 26.2. The molecule has 1 aromatic carbocycles. The summed E-state index contributed by atoms with van der Waals surface area (Å²) in [5.74, 6) is -1.93. The Morgan fingerprint density at radius 3 is 2.67 bits per heavy atom. The molecule has 1 unspecified atom stereocenters. The molecule has 0 saturated heterocycles. The smallest absolute Gasteiger partial charge is 0.164 e. The van der Waals surface area contributed by atoms with Crippen LogP contribution in [0.4, 0.5) is 8.78 Å². The van der Waals surface area contributed by atoms with Gasteiger partial charge in [0.2, 0.25) is 0 Å². The Bertz CT molecular complexity index is 454. The van der Waals surface area contributed by atoms with Gasteiger partial charge in [0.1, 0.15) is 6.10 Å². The highest BCUT2D eigenvalue weighted by molar-refractivity contribution is 7.07. The van der Waals surface area contributed by atoms with Crippen LogP contribution in [0.15, 0.2) is 35.0 Å². The summed E-state index contributed by atoms with van der Waals surface area (Å²) in [6, 6.07) is 5.46. The molecule has 0 radical (unpaired) electrons. The number of thiophene rings is 1. The van der Waals surface area contributed by atoms with Crippen LogP contribution in [0.3, 0.4) is 0 Å². The first-order valence-electron chi connectivity index (χ1n) is 4.34. The molecule has 2 rings (SSSR count). The lowest BCUT2D eigenvalue weighted by atomic mass is 10.0. The van der Waals surface area contributed by atoms with Crippen molar-refractivity contribution in [1.82, 2.24) is 0 Å². The molecule has 0 amide bonds. The molecule has 0 aliphatic rings. The van der Waals surface area contributed by atoms with Crippen LogP contribution in [-0.2, 0) is 0 Å². The molecule has 0 aliphatic carbocycles. The van der Waals surface area contributed by atoms with Gasteiger partial charge in [-0.3, -0.25) is 0 Å². The third kappa shape index (κ3) is 1.91. The highest BCUT2D eigenvalue weighted by Crippen LogP contribution is 2.26. The van der Waals surface area contributed by atoms with E-state index in [0.29, 0.717) is 5.56 Å². The fourth-order valence-electron chi connectivity index (χ4n) is 1.34. The Kier molecular flexibility index (Phi) is 2.79. The Hall–Kier alpha value is -1.26. The summed E-state index contributed by atoms with van der Waals surface area (Å²) >= 11 is 1.40. The second-order valence-electron chi connectivity index (χ2n) is 3.10. The molecule has 1 heterocycles. The van der Waals surface area contributed by atoms with E-state index in [0.717, 1.165) is 6.07 Å². The molecule has 1 atom stereocenters. The molecule has 0 saturated carbocycles. The zero-order valence-corrected chi connectivity index (χ0v) is 8.47. The predicted octanol–water partition coefficient (Wildman–Crippen LogP) is 3.11.